The van der Waals surface area contributed by atoms with Crippen LogP contribution in [0.25, 0.3) is 0 Å². The molecule has 2 saturated heterocycles. The number of hydrogen-bond acceptors (Lipinski definition) is 18. The maximum Gasteiger partial charge on any atom is 0.305 e. The zero-order chi connectivity index (χ0) is 34.0. The Morgan fingerprint density at radius 3 is 1.18 bits per heavy atom. The quantitative estimate of drug-likeness (QED) is 0.187. The molecule has 10 atom stereocenters. The Labute approximate surface area is 258 Å². The predicted molar refractivity (Wildman–Crippen MR) is 140 cm³/mol. The summed E-state index contributed by atoms with van der Waals surface area (Å²) in [5.41, 5.74) is 0. The van der Waals surface area contributed by atoms with Gasteiger partial charge in [-0.25, -0.2) is 0 Å². The summed E-state index contributed by atoms with van der Waals surface area (Å²) in [5, 5.41) is 0. The molecule has 2 fully saturated rings. The van der Waals surface area contributed by atoms with E-state index in [-0.39, 0.29) is 0 Å². The SMILES string of the molecule is COC1C(OC(C)=O)C(COC2C(OC(C)=O)C(COC(C)=O)OC(OC(C)=O)C2OC(C)=O)OC(OC(C)=O)C1OC(C)=O. The number of carbonyl (C=O) groups is 7. The lowest BCUT2D eigenvalue weighted by Crippen LogP contribution is -2.65. The standard InChI is InChI=1S/C27H38O18/c1-11(28)36-9-18-21(39-13(3)30)23(25(41-15(5)32)27(44-18)43-17(7)34)37-10-19-20(38-12(2)29)22(35-8)24(40-14(4)31)26(45-19)42-16(6)33/h18-27H,9-10H2,1-8H3. The molecule has 2 heterocycles. The monoisotopic (exact) mass is 650 g/mol. The van der Waals surface area contributed by atoms with Crippen LogP contribution in [0.4, 0.5) is 0 Å². The fraction of sp³-hybridized carbons (Fsp3) is 0.741. The molecule has 0 aromatic heterocycles. The molecule has 2 aliphatic rings. The van der Waals surface area contributed by atoms with Gasteiger partial charge in [0.05, 0.1) is 6.61 Å². The summed E-state index contributed by atoms with van der Waals surface area (Å²) in [5.74, 6) is -5.64. The number of esters is 7. The Kier molecular flexibility index (Phi) is 14.1. The second kappa shape index (κ2) is 17.0. The van der Waals surface area contributed by atoms with Crippen molar-refractivity contribution in [3.8, 4) is 0 Å². The van der Waals surface area contributed by atoms with Gasteiger partial charge in [0.25, 0.3) is 0 Å². The van der Waals surface area contributed by atoms with Gasteiger partial charge in [0.1, 0.15) is 31.0 Å². The predicted octanol–water partition coefficient (Wildman–Crippen LogP) is -0.747. The van der Waals surface area contributed by atoms with Crippen LogP contribution in [0.5, 0.6) is 0 Å². The Bertz CT molecular complexity index is 1110. The van der Waals surface area contributed by atoms with Crippen molar-refractivity contribution in [2.24, 2.45) is 0 Å². The lowest BCUT2D eigenvalue weighted by atomic mass is 9.96. The highest BCUT2D eigenvalue weighted by molar-refractivity contribution is 5.69. The van der Waals surface area contributed by atoms with Gasteiger partial charge >= 0.3 is 41.8 Å². The number of methoxy groups -OCH3 is 1. The molecule has 0 aromatic carbocycles. The molecule has 2 aliphatic heterocycles. The van der Waals surface area contributed by atoms with Crippen LogP contribution in [0.3, 0.4) is 0 Å². The first-order chi connectivity index (χ1) is 21.0. The molecule has 0 N–H and O–H groups in total. The van der Waals surface area contributed by atoms with Crippen molar-refractivity contribution in [3.05, 3.63) is 0 Å². The van der Waals surface area contributed by atoms with Crippen molar-refractivity contribution in [1.82, 2.24) is 0 Å². The first-order valence-electron chi connectivity index (χ1n) is 13.7. The van der Waals surface area contributed by atoms with Gasteiger partial charge in [-0.3, -0.25) is 33.6 Å². The van der Waals surface area contributed by atoms with E-state index in [1.54, 1.807) is 0 Å². The van der Waals surface area contributed by atoms with Gasteiger partial charge in [-0.15, -0.1) is 0 Å². The topological polar surface area (TPSA) is 221 Å². The first kappa shape index (κ1) is 37.3. The van der Waals surface area contributed by atoms with Crippen molar-refractivity contribution < 1.29 is 85.7 Å². The Balaban J connectivity index is 2.56. The minimum Gasteiger partial charge on any atom is -0.463 e. The van der Waals surface area contributed by atoms with Crippen LogP contribution in [-0.2, 0) is 85.7 Å². The molecule has 0 saturated carbocycles. The molecule has 18 heteroatoms. The van der Waals surface area contributed by atoms with Crippen LogP contribution in [0.2, 0.25) is 0 Å². The Hall–Kier alpha value is -3.87. The van der Waals surface area contributed by atoms with Crippen molar-refractivity contribution in [3.63, 3.8) is 0 Å². The van der Waals surface area contributed by atoms with E-state index in [1.807, 2.05) is 0 Å². The smallest absolute Gasteiger partial charge is 0.305 e. The molecule has 2 rings (SSSR count). The van der Waals surface area contributed by atoms with Gasteiger partial charge < -0.3 is 52.1 Å². The maximum absolute atomic E-state index is 12.1. The molecule has 0 spiro atoms. The highest BCUT2D eigenvalue weighted by Crippen LogP contribution is 2.33. The molecule has 18 nitrogen and oxygen atoms in total. The van der Waals surface area contributed by atoms with E-state index in [1.165, 1.54) is 7.11 Å². The number of hydrogen-bond donors (Lipinski definition) is 0. The minimum absolute atomic E-state index is 0.502. The summed E-state index contributed by atoms with van der Waals surface area (Å²) in [6, 6.07) is 0. The van der Waals surface area contributed by atoms with Crippen molar-refractivity contribution in [2.45, 2.75) is 110 Å². The molecule has 0 amide bonds. The molecule has 0 aromatic rings. The lowest BCUT2D eigenvalue weighted by Gasteiger charge is -2.46. The zero-order valence-electron chi connectivity index (χ0n) is 26.0. The van der Waals surface area contributed by atoms with Gasteiger partial charge in [-0.05, 0) is 0 Å². The summed E-state index contributed by atoms with van der Waals surface area (Å²) in [4.78, 5) is 83.6. The van der Waals surface area contributed by atoms with Gasteiger partial charge in [0.15, 0.2) is 24.4 Å². The molecule has 45 heavy (non-hydrogen) atoms. The maximum atomic E-state index is 12.1. The first-order valence-corrected chi connectivity index (χ1v) is 13.7. The van der Waals surface area contributed by atoms with Crippen LogP contribution in [0.1, 0.15) is 48.5 Å². The van der Waals surface area contributed by atoms with Gasteiger partial charge in [-0.2, -0.15) is 0 Å². The fourth-order valence-corrected chi connectivity index (χ4v) is 4.71. The molecule has 0 radical (unpaired) electrons. The van der Waals surface area contributed by atoms with Crippen LogP contribution < -0.4 is 0 Å². The molecular weight excluding hydrogens is 612 g/mol. The third kappa shape index (κ3) is 11.2. The van der Waals surface area contributed by atoms with Gasteiger partial charge in [0.2, 0.25) is 12.6 Å². The van der Waals surface area contributed by atoms with Crippen molar-refractivity contribution in [1.29, 1.82) is 0 Å². The molecule has 0 bridgehead atoms. The average molecular weight is 651 g/mol. The van der Waals surface area contributed by atoms with E-state index in [9.17, 15) is 33.6 Å². The molecule has 254 valence electrons. The van der Waals surface area contributed by atoms with Crippen LogP contribution in [0, 0.1) is 0 Å². The summed E-state index contributed by atoms with van der Waals surface area (Å²) < 4.78 is 60.2. The summed E-state index contributed by atoms with van der Waals surface area (Å²) >= 11 is 0. The second-order valence-electron chi connectivity index (χ2n) is 9.90. The molecule has 10 unspecified atom stereocenters. The molecule has 0 aliphatic carbocycles. The minimum atomic E-state index is -1.63. The highest BCUT2D eigenvalue weighted by atomic mass is 16.8. The van der Waals surface area contributed by atoms with E-state index in [4.69, 9.17) is 52.1 Å². The average Bonchev–Trinajstić information content (AvgIpc) is 2.89. The summed E-state index contributed by atoms with van der Waals surface area (Å²) in [6.07, 6.45) is -14.3. The van der Waals surface area contributed by atoms with E-state index >= 15 is 0 Å². The largest absolute Gasteiger partial charge is 0.463 e. The van der Waals surface area contributed by atoms with Crippen molar-refractivity contribution >= 4 is 41.8 Å². The third-order valence-corrected chi connectivity index (χ3v) is 6.13. The third-order valence-electron chi connectivity index (χ3n) is 6.13. The van der Waals surface area contributed by atoms with E-state index in [2.05, 4.69) is 0 Å². The van der Waals surface area contributed by atoms with Crippen LogP contribution >= 0.6 is 0 Å². The van der Waals surface area contributed by atoms with E-state index < -0.39 is 116 Å². The lowest BCUT2D eigenvalue weighted by molar-refractivity contribution is -0.323. The van der Waals surface area contributed by atoms with Gasteiger partial charge in [-0.1, -0.05) is 0 Å². The van der Waals surface area contributed by atoms with Crippen LogP contribution in [0.15, 0.2) is 0 Å². The Morgan fingerprint density at radius 2 is 0.800 bits per heavy atom. The fourth-order valence-electron chi connectivity index (χ4n) is 4.71. The second-order valence-corrected chi connectivity index (χ2v) is 9.90. The molecular formula is C27H38O18. The van der Waals surface area contributed by atoms with Crippen molar-refractivity contribution in [2.75, 3.05) is 20.3 Å². The number of carbonyl (C=O) groups excluding carboxylic acids is 7. The van der Waals surface area contributed by atoms with E-state index in [0.29, 0.717) is 0 Å². The van der Waals surface area contributed by atoms with Gasteiger partial charge in [0, 0.05) is 55.6 Å². The number of ether oxygens (including phenoxy) is 11. The highest BCUT2D eigenvalue weighted by Gasteiger charge is 2.55. The summed E-state index contributed by atoms with van der Waals surface area (Å²) in [7, 11) is 1.22. The van der Waals surface area contributed by atoms with Crippen LogP contribution in [-0.4, -0.2) is 124 Å². The summed E-state index contributed by atoms with van der Waals surface area (Å²) in [6.45, 7) is 6.49. The van der Waals surface area contributed by atoms with E-state index in [0.717, 1.165) is 48.5 Å². The number of rotatable bonds is 12. The zero-order valence-corrected chi connectivity index (χ0v) is 26.0. The normalized spacial score (nSPS) is 31.0. The Morgan fingerprint density at radius 1 is 0.444 bits per heavy atom.